The van der Waals surface area contributed by atoms with Crippen molar-refractivity contribution in [3.05, 3.63) is 60.2 Å². The van der Waals surface area contributed by atoms with Gasteiger partial charge in [-0.25, -0.2) is 0 Å². The van der Waals surface area contributed by atoms with Gasteiger partial charge in [0.2, 0.25) is 5.91 Å². The molecule has 2 amide bonds. The number of primary amides is 1. The smallest absolute Gasteiger partial charge is 0.422 e. The zero-order chi connectivity index (χ0) is 21.7. The molecule has 0 aliphatic carbocycles. The van der Waals surface area contributed by atoms with E-state index in [0.717, 1.165) is 0 Å². The number of hydrazone groups is 1. The Balaban J connectivity index is 1.60. The van der Waals surface area contributed by atoms with Crippen molar-refractivity contribution < 1.29 is 27.5 Å². The van der Waals surface area contributed by atoms with Gasteiger partial charge in [-0.3, -0.25) is 14.6 Å². The van der Waals surface area contributed by atoms with E-state index in [4.69, 9.17) is 5.73 Å². The molecular formula is C20H19F3N4O3. The molecule has 0 saturated heterocycles. The van der Waals surface area contributed by atoms with E-state index >= 15 is 0 Å². The molecule has 1 unspecified atom stereocenters. The molecule has 0 bridgehead atoms. The first-order valence-corrected chi connectivity index (χ1v) is 9.01. The molecule has 3 rings (SSSR count). The summed E-state index contributed by atoms with van der Waals surface area (Å²) in [5.41, 5.74) is 6.91. The monoisotopic (exact) mass is 420 g/mol. The topological polar surface area (TPSA) is 97.0 Å². The quantitative estimate of drug-likeness (QED) is 0.719. The maximum atomic E-state index is 12.5. The van der Waals surface area contributed by atoms with Crippen LogP contribution in [0.25, 0.3) is 0 Å². The normalized spacial score (nSPS) is 16.2. The lowest BCUT2D eigenvalue weighted by Gasteiger charge is -2.20. The van der Waals surface area contributed by atoms with Crippen LogP contribution in [0.5, 0.6) is 5.75 Å². The fourth-order valence-corrected chi connectivity index (χ4v) is 2.84. The Kier molecular flexibility index (Phi) is 6.24. The standard InChI is InChI=1S/C20H19F3N4O3/c21-20(22,23)12-30-15-8-6-13(7-9-15)11-25-19(29)16-10-17(18(24)28)27(26-16)14-4-2-1-3-5-14/h1-9,17H,10-12H2,(H2,24,28)(H,25,29). The fraction of sp³-hybridized carbons (Fsp3) is 0.250. The van der Waals surface area contributed by atoms with E-state index in [1.165, 1.54) is 17.1 Å². The van der Waals surface area contributed by atoms with Crippen LogP contribution in [0, 0.1) is 0 Å². The number of rotatable bonds is 7. The summed E-state index contributed by atoms with van der Waals surface area (Å²) in [5, 5.41) is 8.34. The van der Waals surface area contributed by atoms with E-state index in [-0.39, 0.29) is 24.4 Å². The maximum Gasteiger partial charge on any atom is 0.422 e. The first-order valence-electron chi connectivity index (χ1n) is 9.01. The highest BCUT2D eigenvalue weighted by Gasteiger charge is 2.34. The summed E-state index contributed by atoms with van der Waals surface area (Å²) in [6.07, 6.45) is -4.34. The van der Waals surface area contributed by atoms with Crippen LogP contribution in [0.2, 0.25) is 0 Å². The summed E-state index contributed by atoms with van der Waals surface area (Å²) < 4.78 is 41.2. The fourth-order valence-electron chi connectivity index (χ4n) is 2.84. The van der Waals surface area contributed by atoms with Crippen molar-refractivity contribution in [3.8, 4) is 5.75 Å². The maximum absolute atomic E-state index is 12.5. The molecule has 7 nitrogen and oxygen atoms in total. The number of nitrogens with two attached hydrogens (primary N) is 1. The van der Waals surface area contributed by atoms with E-state index in [1.807, 2.05) is 6.07 Å². The van der Waals surface area contributed by atoms with Crippen LogP contribution in [0.4, 0.5) is 18.9 Å². The number of hydrogen-bond acceptors (Lipinski definition) is 5. The number of ether oxygens (including phenoxy) is 1. The molecular weight excluding hydrogens is 401 g/mol. The van der Waals surface area contributed by atoms with Crippen LogP contribution in [0.1, 0.15) is 12.0 Å². The Bertz CT molecular complexity index is 931. The number of alkyl halides is 3. The zero-order valence-electron chi connectivity index (χ0n) is 15.7. The molecule has 0 aromatic heterocycles. The predicted molar refractivity (Wildman–Crippen MR) is 104 cm³/mol. The number of nitrogens with one attached hydrogen (secondary N) is 1. The third kappa shape index (κ3) is 5.49. The average molecular weight is 420 g/mol. The predicted octanol–water partition coefficient (Wildman–Crippen LogP) is 2.36. The number of hydrogen-bond donors (Lipinski definition) is 2. The molecule has 1 atom stereocenters. The van der Waals surface area contributed by atoms with Crippen LogP contribution in [0.3, 0.4) is 0 Å². The van der Waals surface area contributed by atoms with E-state index in [9.17, 15) is 22.8 Å². The molecule has 1 aliphatic rings. The number of anilines is 1. The summed E-state index contributed by atoms with van der Waals surface area (Å²) >= 11 is 0. The first kappa shape index (κ1) is 21.2. The van der Waals surface area contributed by atoms with Crippen molar-refractivity contribution in [3.63, 3.8) is 0 Å². The minimum atomic E-state index is -4.41. The number of benzene rings is 2. The number of nitrogens with zero attached hydrogens (tertiary/aromatic N) is 2. The van der Waals surface area contributed by atoms with Gasteiger partial charge >= 0.3 is 6.18 Å². The van der Waals surface area contributed by atoms with Gasteiger partial charge < -0.3 is 15.8 Å². The molecule has 2 aromatic rings. The van der Waals surface area contributed by atoms with Crippen LogP contribution in [0.15, 0.2) is 59.7 Å². The molecule has 0 radical (unpaired) electrons. The van der Waals surface area contributed by atoms with E-state index in [1.54, 1.807) is 36.4 Å². The molecule has 1 aliphatic heterocycles. The van der Waals surface area contributed by atoms with Crippen LogP contribution in [-0.4, -0.2) is 36.4 Å². The second kappa shape index (κ2) is 8.85. The molecule has 10 heteroatoms. The van der Waals surface area contributed by atoms with Gasteiger partial charge in [0.15, 0.2) is 6.61 Å². The van der Waals surface area contributed by atoms with Crippen molar-refractivity contribution in [1.29, 1.82) is 0 Å². The first-order chi connectivity index (χ1) is 14.2. The van der Waals surface area contributed by atoms with Gasteiger partial charge in [-0.15, -0.1) is 0 Å². The number of para-hydroxylation sites is 1. The summed E-state index contributed by atoms with van der Waals surface area (Å²) in [6, 6.07) is 14.0. The molecule has 0 saturated carbocycles. The number of amides is 2. The molecule has 158 valence electrons. The molecule has 0 fully saturated rings. The van der Waals surface area contributed by atoms with Crippen LogP contribution >= 0.6 is 0 Å². The Morgan fingerprint density at radius 1 is 1.13 bits per heavy atom. The molecule has 3 N–H and O–H groups in total. The Hall–Kier alpha value is -3.56. The largest absolute Gasteiger partial charge is 0.484 e. The zero-order valence-corrected chi connectivity index (χ0v) is 15.7. The Morgan fingerprint density at radius 3 is 2.40 bits per heavy atom. The minimum Gasteiger partial charge on any atom is -0.484 e. The molecule has 30 heavy (non-hydrogen) atoms. The van der Waals surface area contributed by atoms with Crippen molar-refractivity contribution in [1.82, 2.24) is 5.32 Å². The lowest BCUT2D eigenvalue weighted by Crippen LogP contribution is -2.39. The van der Waals surface area contributed by atoms with E-state index < -0.39 is 30.6 Å². The van der Waals surface area contributed by atoms with Gasteiger partial charge in [0.05, 0.1) is 5.69 Å². The van der Waals surface area contributed by atoms with Gasteiger partial charge in [-0.1, -0.05) is 30.3 Å². The highest BCUT2D eigenvalue weighted by Crippen LogP contribution is 2.24. The highest BCUT2D eigenvalue weighted by atomic mass is 19.4. The van der Waals surface area contributed by atoms with Crippen molar-refractivity contribution in [2.45, 2.75) is 25.2 Å². The third-order valence-corrected chi connectivity index (χ3v) is 4.30. The summed E-state index contributed by atoms with van der Waals surface area (Å²) in [4.78, 5) is 24.2. The van der Waals surface area contributed by atoms with Crippen molar-refractivity contribution in [2.75, 3.05) is 11.6 Å². The van der Waals surface area contributed by atoms with Gasteiger partial charge in [0.25, 0.3) is 5.91 Å². The number of carbonyl (C=O) groups excluding carboxylic acids is 2. The van der Waals surface area contributed by atoms with Crippen molar-refractivity contribution >= 4 is 23.2 Å². The molecule has 2 aromatic carbocycles. The van der Waals surface area contributed by atoms with Gasteiger partial charge in [0, 0.05) is 13.0 Å². The van der Waals surface area contributed by atoms with E-state index in [2.05, 4.69) is 15.2 Å². The molecule has 0 spiro atoms. The van der Waals surface area contributed by atoms with E-state index in [0.29, 0.717) is 11.3 Å². The summed E-state index contributed by atoms with van der Waals surface area (Å²) in [6.45, 7) is -1.24. The van der Waals surface area contributed by atoms with Crippen molar-refractivity contribution in [2.24, 2.45) is 10.8 Å². The highest BCUT2D eigenvalue weighted by molar-refractivity contribution is 6.40. The third-order valence-electron chi connectivity index (χ3n) is 4.30. The summed E-state index contributed by atoms with van der Waals surface area (Å²) in [5.74, 6) is -0.984. The van der Waals surface area contributed by atoms with Gasteiger partial charge in [-0.05, 0) is 29.8 Å². The summed E-state index contributed by atoms with van der Waals surface area (Å²) in [7, 11) is 0. The second-order valence-corrected chi connectivity index (χ2v) is 6.58. The lowest BCUT2D eigenvalue weighted by atomic mass is 10.1. The SMILES string of the molecule is NC(=O)C1CC(C(=O)NCc2ccc(OCC(F)(F)F)cc2)=NN1c1ccccc1. The molecule has 1 heterocycles. The van der Waals surface area contributed by atoms with Crippen LogP contribution < -0.4 is 20.8 Å². The average Bonchev–Trinajstić information content (AvgIpc) is 3.17. The van der Waals surface area contributed by atoms with Gasteiger partial charge in [0.1, 0.15) is 17.5 Å². The minimum absolute atomic E-state index is 0.0697. The second-order valence-electron chi connectivity index (χ2n) is 6.58. The lowest BCUT2D eigenvalue weighted by molar-refractivity contribution is -0.153. The number of carbonyl (C=O) groups is 2. The number of halogens is 3. The Morgan fingerprint density at radius 2 is 1.80 bits per heavy atom. The van der Waals surface area contributed by atoms with Crippen LogP contribution in [-0.2, 0) is 16.1 Å². The van der Waals surface area contributed by atoms with Gasteiger partial charge in [-0.2, -0.15) is 18.3 Å². The Labute approximate surface area is 170 Å².